The maximum Gasteiger partial charge on any atom is 0.387 e. The standard InChI is InChI=1S/C14H11F4NO/c15-12-6-1-9(7-13(12)16)8-19-10-2-4-11(5-3-10)20-14(17)18/h1-7,14,19H,8H2. The average molecular weight is 285 g/mol. The number of alkyl halides is 2. The molecule has 0 unspecified atom stereocenters. The third-order valence-corrected chi connectivity index (χ3v) is 2.56. The van der Waals surface area contributed by atoms with Crippen LogP contribution in [0.25, 0.3) is 0 Å². The molecule has 0 aromatic heterocycles. The van der Waals surface area contributed by atoms with Gasteiger partial charge in [0.15, 0.2) is 11.6 Å². The molecular formula is C14H11F4NO. The maximum atomic E-state index is 13.0. The molecule has 0 aliphatic rings. The zero-order valence-electron chi connectivity index (χ0n) is 10.2. The Balaban J connectivity index is 1.95. The predicted molar refractivity (Wildman–Crippen MR) is 66.8 cm³/mol. The number of hydrogen-bond donors (Lipinski definition) is 1. The van der Waals surface area contributed by atoms with Crippen molar-refractivity contribution >= 4 is 5.69 Å². The Morgan fingerprint density at radius 3 is 2.25 bits per heavy atom. The van der Waals surface area contributed by atoms with E-state index < -0.39 is 18.2 Å². The second-order valence-electron chi connectivity index (χ2n) is 4.00. The van der Waals surface area contributed by atoms with E-state index in [0.717, 1.165) is 12.1 Å². The van der Waals surface area contributed by atoms with Crippen LogP contribution < -0.4 is 10.1 Å². The van der Waals surface area contributed by atoms with Gasteiger partial charge in [-0.2, -0.15) is 8.78 Å². The summed E-state index contributed by atoms with van der Waals surface area (Å²) in [6, 6.07) is 9.48. The largest absolute Gasteiger partial charge is 0.435 e. The molecule has 0 fully saturated rings. The number of halogens is 4. The molecule has 20 heavy (non-hydrogen) atoms. The topological polar surface area (TPSA) is 21.3 Å². The van der Waals surface area contributed by atoms with E-state index >= 15 is 0 Å². The molecule has 6 heteroatoms. The number of benzene rings is 2. The number of anilines is 1. The van der Waals surface area contributed by atoms with Gasteiger partial charge in [-0.15, -0.1) is 0 Å². The number of hydrogen-bond acceptors (Lipinski definition) is 2. The molecule has 0 aliphatic heterocycles. The zero-order valence-corrected chi connectivity index (χ0v) is 10.2. The average Bonchev–Trinajstić information content (AvgIpc) is 2.41. The van der Waals surface area contributed by atoms with Crippen LogP contribution in [0.5, 0.6) is 5.75 Å². The van der Waals surface area contributed by atoms with E-state index in [2.05, 4.69) is 10.1 Å². The number of nitrogens with one attached hydrogen (secondary N) is 1. The molecule has 0 bridgehead atoms. The summed E-state index contributed by atoms with van der Waals surface area (Å²) in [5, 5.41) is 2.96. The van der Waals surface area contributed by atoms with Crippen LogP contribution in [-0.4, -0.2) is 6.61 Å². The van der Waals surface area contributed by atoms with Crippen molar-refractivity contribution in [3.05, 3.63) is 59.7 Å². The number of rotatable bonds is 5. The Labute approximate surface area is 113 Å². The molecule has 0 heterocycles. The molecule has 0 radical (unpaired) electrons. The van der Waals surface area contributed by atoms with Crippen LogP contribution in [0.4, 0.5) is 23.2 Å². The van der Waals surface area contributed by atoms with Gasteiger partial charge in [-0.3, -0.25) is 0 Å². The van der Waals surface area contributed by atoms with Gasteiger partial charge in [-0.05, 0) is 42.0 Å². The highest BCUT2D eigenvalue weighted by atomic mass is 19.3. The summed E-state index contributed by atoms with van der Waals surface area (Å²) in [5.74, 6) is -1.76. The molecule has 0 aliphatic carbocycles. The summed E-state index contributed by atoms with van der Waals surface area (Å²) in [6.45, 7) is -2.58. The molecule has 0 atom stereocenters. The van der Waals surface area contributed by atoms with Gasteiger partial charge in [0.2, 0.25) is 0 Å². The van der Waals surface area contributed by atoms with E-state index in [0.29, 0.717) is 11.3 Å². The SMILES string of the molecule is Fc1ccc(CNc2ccc(OC(F)F)cc2)cc1F. The van der Waals surface area contributed by atoms with E-state index in [1.807, 2.05) is 0 Å². The van der Waals surface area contributed by atoms with Gasteiger partial charge in [0.1, 0.15) is 5.75 Å². The molecule has 2 aromatic carbocycles. The molecule has 2 aromatic rings. The smallest absolute Gasteiger partial charge is 0.387 e. The Bertz CT molecular complexity index is 572. The first-order valence-corrected chi connectivity index (χ1v) is 5.77. The fraction of sp³-hybridized carbons (Fsp3) is 0.143. The van der Waals surface area contributed by atoms with Crippen LogP contribution in [0.15, 0.2) is 42.5 Å². The van der Waals surface area contributed by atoms with Gasteiger partial charge in [0.05, 0.1) is 0 Å². The van der Waals surface area contributed by atoms with E-state index in [1.54, 1.807) is 12.1 Å². The fourth-order valence-corrected chi connectivity index (χ4v) is 1.61. The van der Waals surface area contributed by atoms with Gasteiger partial charge in [-0.1, -0.05) is 6.07 Å². The highest BCUT2D eigenvalue weighted by molar-refractivity contribution is 5.46. The molecule has 1 N–H and O–H groups in total. The normalized spacial score (nSPS) is 10.7. The lowest BCUT2D eigenvalue weighted by Crippen LogP contribution is -2.03. The van der Waals surface area contributed by atoms with Crippen LogP contribution in [0.1, 0.15) is 5.56 Å². The highest BCUT2D eigenvalue weighted by Gasteiger charge is 2.04. The lowest BCUT2D eigenvalue weighted by Gasteiger charge is -2.08. The molecular weight excluding hydrogens is 274 g/mol. The van der Waals surface area contributed by atoms with Crippen molar-refractivity contribution in [2.45, 2.75) is 13.2 Å². The van der Waals surface area contributed by atoms with E-state index in [-0.39, 0.29) is 12.3 Å². The third kappa shape index (κ3) is 3.88. The second kappa shape index (κ2) is 6.27. The van der Waals surface area contributed by atoms with E-state index in [4.69, 9.17) is 0 Å². The summed E-state index contributed by atoms with van der Waals surface area (Å²) in [5.41, 5.74) is 1.22. The van der Waals surface area contributed by atoms with Gasteiger partial charge >= 0.3 is 6.61 Å². The van der Waals surface area contributed by atoms with Crippen molar-refractivity contribution in [2.75, 3.05) is 5.32 Å². The zero-order chi connectivity index (χ0) is 14.5. The number of ether oxygens (including phenoxy) is 1. The minimum Gasteiger partial charge on any atom is -0.435 e. The third-order valence-electron chi connectivity index (χ3n) is 2.56. The van der Waals surface area contributed by atoms with Crippen molar-refractivity contribution in [3.63, 3.8) is 0 Å². The maximum absolute atomic E-state index is 13.0. The predicted octanol–water partition coefficient (Wildman–Crippen LogP) is 4.18. The Morgan fingerprint density at radius 1 is 0.950 bits per heavy atom. The molecule has 0 spiro atoms. The van der Waals surface area contributed by atoms with Crippen LogP contribution >= 0.6 is 0 Å². The highest BCUT2D eigenvalue weighted by Crippen LogP contribution is 2.18. The Hall–Kier alpha value is -2.24. The van der Waals surface area contributed by atoms with Gasteiger partial charge in [-0.25, -0.2) is 8.78 Å². The van der Waals surface area contributed by atoms with Gasteiger partial charge in [0.25, 0.3) is 0 Å². The van der Waals surface area contributed by atoms with Crippen molar-refractivity contribution in [2.24, 2.45) is 0 Å². The summed E-state index contributed by atoms with van der Waals surface area (Å²) in [4.78, 5) is 0. The first-order valence-electron chi connectivity index (χ1n) is 5.77. The van der Waals surface area contributed by atoms with Crippen LogP contribution in [0.3, 0.4) is 0 Å². The van der Waals surface area contributed by atoms with Crippen LogP contribution in [0.2, 0.25) is 0 Å². The summed E-state index contributed by atoms with van der Waals surface area (Å²) >= 11 is 0. The molecule has 106 valence electrons. The van der Waals surface area contributed by atoms with Gasteiger partial charge < -0.3 is 10.1 Å². The van der Waals surface area contributed by atoms with Crippen molar-refractivity contribution < 1.29 is 22.3 Å². The molecule has 0 saturated heterocycles. The van der Waals surface area contributed by atoms with E-state index in [9.17, 15) is 17.6 Å². The fourth-order valence-electron chi connectivity index (χ4n) is 1.61. The van der Waals surface area contributed by atoms with Gasteiger partial charge in [0, 0.05) is 12.2 Å². The van der Waals surface area contributed by atoms with Crippen molar-refractivity contribution in [3.8, 4) is 5.75 Å². The molecule has 2 nitrogen and oxygen atoms in total. The quantitative estimate of drug-likeness (QED) is 0.832. The summed E-state index contributed by atoms with van der Waals surface area (Å²) in [6.07, 6.45) is 0. The van der Waals surface area contributed by atoms with Crippen molar-refractivity contribution in [1.29, 1.82) is 0 Å². The Kier molecular flexibility index (Phi) is 4.45. The van der Waals surface area contributed by atoms with E-state index in [1.165, 1.54) is 18.2 Å². The summed E-state index contributed by atoms with van der Waals surface area (Å²) in [7, 11) is 0. The molecule has 0 amide bonds. The molecule has 0 saturated carbocycles. The van der Waals surface area contributed by atoms with Crippen molar-refractivity contribution in [1.82, 2.24) is 0 Å². The monoisotopic (exact) mass is 285 g/mol. The first kappa shape index (κ1) is 14.2. The minimum absolute atomic E-state index is 0.0541. The second-order valence-corrected chi connectivity index (χ2v) is 4.00. The molecule has 2 rings (SSSR count). The summed E-state index contributed by atoms with van der Waals surface area (Å²) < 4.78 is 53.9. The van der Waals surface area contributed by atoms with Crippen LogP contribution in [0, 0.1) is 11.6 Å². The minimum atomic E-state index is -2.86. The van der Waals surface area contributed by atoms with Crippen LogP contribution in [-0.2, 0) is 6.54 Å². The first-order chi connectivity index (χ1) is 9.54. The lowest BCUT2D eigenvalue weighted by atomic mass is 10.2. The Morgan fingerprint density at radius 2 is 1.65 bits per heavy atom. The lowest BCUT2D eigenvalue weighted by molar-refractivity contribution is -0.0498.